The van der Waals surface area contributed by atoms with Crippen molar-refractivity contribution in [2.75, 3.05) is 7.11 Å². The fourth-order valence-electron chi connectivity index (χ4n) is 10.3. The van der Waals surface area contributed by atoms with Crippen molar-refractivity contribution < 1.29 is 59.2 Å². The summed E-state index contributed by atoms with van der Waals surface area (Å²) in [4.78, 5) is 28.2. The summed E-state index contributed by atoms with van der Waals surface area (Å²) in [5.74, 6) is -0.620. The topological polar surface area (TPSA) is 192 Å². The van der Waals surface area contributed by atoms with Gasteiger partial charge in [-0.15, -0.1) is 0 Å². The smallest absolute Gasteiger partial charge is 0.331 e. The molecule has 1 saturated heterocycles. The van der Waals surface area contributed by atoms with E-state index in [9.17, 15) is 40.2 Å². The Hall–Kier alpha value is -2.10. The molecule has 406 valence electrons. The van der Waals surface area contributed by atoms with Crippen LogP contribution in [0.5, 0.6) is 0 Å². The molecule has 12 nitrogen and oxygen atoms in total. The lowest BCUT2D eigenvalue weighted by Crippen LogP contribution is -2.48. The standard InChI is InChI=1S/C57H99BrO12/c1-12-13-14-15-16-17-18-19-20-21-22-23-24-25-54(65)68-45-27-38(2)26-39(3)32-55(66)69-53-35-46(29-40(4)28-45)70-57(53,10)52(64)31-41(5)30-50(62)56(8,9)51(63)36-48(61)43(7)47(60)34-44(59)33-42(6)49(37-58)67-11/h31-32,37-38,40,43-48,50-53,59-64H,6,12-30,33-36H2,1-5,7-11H3/b39-32+,41-31?,49-37-/t38?,40?,43-,44+,45?,46+,47+,48-,50-,51+,52+,53-,57-/m1/s1. The summed E-state index contributed by atoms with van der Waals surface area (Å²) in [6, 6.07) is 0. The highest BCUT2D eigenvalue weighted by molar-refractivity contribution is 9.11. The van der Waals surface area contributed by atoms with Crippen molar-refractivity contribution >= 4 is 27.9 Å². The molecule has 2 aliphatic rings. The number of halogens is 1. The van der Waals surface area contributed by atoms with Crippen LogP contribution in [0.2, 0.25) is 0 Å². The van der Waals surface area contributed by atoms with Crippen LogP contribution in [-0.4, -0.2) is 110 Å². The fourth-order valence-corrected chi connectivity index (χ4v) is 10.8. The number of carbonyl (C=O) groups is 2. The molecule has 6 N–H and O–H groups in total. The van der Waals surface area contributed by atoms with E-state index in [1.54, 1.807) is 45.7 Å². The normalized spacial score (nSPS) is 27.0. The largest absolute Gasteiger partial charge is 0.496 e. The van der Waals surface area contributed by atoms with E-state index in [4.69, 9.17) is 18.9 Å². The molecule has 0 aliphatic carbocycles. The molecule has 0 aromatic heterocycles. The van der Waals surface area contributed by atoms with Crippen molar-refractivity contribution in [1.29, 1.82) is 0 Å². The van der Waals surface area contributed by atoms with Crippen molar-refractivity contribution in [3.63, 3.8) is 0 Å². The van der Waals surface area contributed by atoms with Gasteiger partial charge in [0.15, 0.2) is 0 Å². The number of ether oxygens (including phenoxy) is 4. The molecule has 0 amide bonds. The lowest BCUT2D eigenvalue weighted by atomic mass is 9.75. The molecular formula is C57H99BrO12. The number of aliphatic hydroxyl groups is 6. The number of rotatable bonds is 31. The van der Waals surface area contributed by atoms with Crippen LogP contribution in [0.1, 0.15) is 210 Å². The quantitative estimate of drug-likeness (QED) is 0.0127. The number of hydrogen-bond acceptors (Lipinski definition) is 12. The van der Waals surface area contributed by atoms with Crippen molar-refractivity contribution in [3.8, 4) is 0 Å². The summed E-state index contributed by atoms with van der Waals surface area (Å²) in [5, 5.41) is 67.2. The lowest BCUT2D eigenvalue weighted by molar-refractivity contribution is -0.164. The van der Waals surface area contributed by atoms with Crippen LogP contribution in [0.15, 0.2) is 46.2 Å². The average molecular weight is 1060 g/mol. The third-order valence-electron chi connectivity index (χ3n) is 15.2. The molecule has 13 heteroatoms. The molecule has 0 aromatic carbocycles. The van der Waals surface area contributed by atoms with Gasteiger partial charge in [0.25, 0.3) is 0 Å². The summed E-state index contributed by atoms with van der Waals surface area (Å²) in [6.07, 6.45) is 14.7. The predicted molar refractivity (Wildman–Crippen MR) is 283 cm³/mol. The maximum atomic E-state index is 13.4. The third-order valence-corrected chi connectivity index (χ3v) is 15.6. The Morgan fingerprint density at radius 3 is 2.00 bits per heavy atom. The van der Waals surface area contributed by atoms with E-state index in [1.807, 2.05) is 6.92 Å². The second kappa shape index (κ2) is 33.0. The summed E-state index contributed by atoms with van der Waals surface area (Å²) in [6.45, 7) is 20.9. The number of fused-ring (bicyclic) bond motifs is 2. The predicted octanol–water partition coefficient (Wildman–Crippen LogP) is 11.4. The summed E-state index contributed by atoms with van der Waals surface area (Å²) >= 11 is 3.20. The van der Waals surface area contributed by atoms with Gasteiger partial charge in [-0.05, 0) is 83.1 Å². The Balaban J connectivity index is 2.03. The molecule has 1 fully saturated rings. The highest BCUT2D eigenvalue weighted by Crippen LogP contribution is 2.41. The molecule has 70 heavy (non-hydrogen) atoms. The van der Waals surface area contributed by atoms with Crippen LogP contribution in [0.25, 0.3) is 0 Å². The van der Waals surface area contributed by atoms with E-state index < -0.39 is 65.6 Å². The van der Waals surface area contributed by atoms with E-state index in [-0.39, 0.29) is 55.7 Å². The number of hydrogen-bond donors (Lipinski definition) is 6. The van der Waals surface area contributed by atoms with E-state index >= 15 is 0 Å². The molecule has 3 unspecified atom stereocenters. The maximum absolute atomic E-state index is 13.4. The Morgan fingerprint density at radius 1 is 0.871 bits per heavy atom. The maximum Gasteiger partial charge on any atom is 0.331 e. The van der Waals surface area contributed by atoms with Crippen molar-refractivity contribution in [1.82, 2.24) is 0 Å². The number of carbonyl (C=O) groups excluding carboxylic acids is 2. The van der Waals surface area contributed by atoms with Crippen molar-refractivity contribution in [3.05, 3.63) is 46.2 Å². The van der Waals surface area contributed by atoms with Crippen LogP contribution in [0.3, 0.4) is 0 Å². The number of aliphatic hydroxyl groups excluding tert-OH is 6. The summed E-state index contributed by atoms with van der Waals surface area (Å²) < 4.78 is 24.1. The Morgan fingerprint density at radius 2 is 1.43 bits per heavy atom. The highest BCUT2D eigenvalue weighted by Gasteiger charge is 2.52. The van der Waals surface area contributed by atoms with Gasteiger partial charge in [-0.25, -0.2) is 4.79 Å². The molecular weight excluding hydrogens is 957 g/mol. The first-order valence-electron chi connectivity index (χ1n) is 27.0. The van der Waals surface area contributed by atoms with E-state index in [0.717, 1.165) is 24.8 Å². The van der Waals surface area contributed by atoms with Crippen LogP contribution in [-0.2, 0) is 28.5 Å². The van der Waals surface area contributed by atoms with Gasteiger partial charge in [0, 0.05) is 48.1 Å². The van der Waals surface area contributed by atoms with Gasteiger partial charge in [-0.2, -0.15) is 0 Å². The van der Waals surface area contributed by atoms with Gasteiger partial charge < -0.3 is 49.6 Å². The van der Waals surface area contributed by atoms with Gasteiger partial charge in [-0.1, -0.05) is 158 Å². The third kappa shape index (κ3) is 23.0. The van der Waals surface area contributed by atoms with Crippen LogP contribution < -0.4 is 0 Å². The first-order chi connectivity index (χ1) is 33.0. The Kier molecular flexibility index (Phi) is 30.1. The number of unbranched alkanes of at least 4 members (excludes halogenated alkanes) is 12. The van der Waals surface area contributed by atoms with Crippen LogP contribution in [0, 0.1) is 23.2 Å². The molecule has 0 spiro atoms. The van der Waals surface area contributed by atoms with Crippen molar-refractivity contribution in [2.45, 2.75) is 271 Å². The average Bonchev–Trinajstić information content (AvgIpc) is 3.58. The highest BCUT2D eigenvalue weighted by atomic mass is 79.9. The van der Waals surface area contributed by atoms with Crippen molar-refractivity contribution in [2.24, 2.45) is 23.2 Å². The van der Waals surface area contributed by atoms with Gasteiger partial charge in [-0.3, -0.25) is 4.79 Å². The molecule has 0 radical (unpaired) electrons. The molecule has 2 rings (SSSR count). The van der Waals surface area contributed by atoms with E-state index in [1.165, 1.54) is 77.4 Å². The Labute approximate surface area is 432 Å². The summed E-state index contributed by atoms with van der Waals surface area (Å²) in [5.41, 5.74) is -0.405. The van der Waals surface area contributed by atoms with Gasteiger partial charge in [0.2, 0.25) is 0 Å². The number of allylic oxidation sites excluding steroid dienone is 2. The molecule has 2 bridgehead atoms. The first-order valence-corrected chi connectivity index (χ1v) is 27.9. The number of esters is 2. The van der Waals surface area contributed by atoms with Gasteiger partial charge >= 0.3 is 11.9 Å². The second-order valence-electron chi connectivity index (χ2n) is 22.4. The van der Waals surface area contributed by atoms with Crippen LogP contribution in [0.4, 0.5) is 0 Å². The number of methoxy groups -OCH3 is 1. The minimum absolute atomic E-state index is 0.0275. The lowest BCUT2D eigenvalue weighted by Gasteiger charge is -2.38. The summed E-state index contributed by atoms with van der Waals surface area (Å²) in [7, 11) is 1.49. The van der Waals surface area contributed by atoms with Crippen LogP contribution >= 0.6 is 15.9 Å². The molecule has 0 aromatic rings. The van der Waals surface area contributed by atoms with Gasteiger partial charge in [0.1, 0.15) is 29.7 Å². The molecule has 2 aliphatic heterocycles. The molecule has 0 saturated carbocycles. The van der Waals surface area contributed by atoms with E-state index in [2.05, 4.69) is 43.3 Å². The van der Waals surface area contributed by atoms with E-state index in [0.29, 0.717) is 55.4 Å². The zero-order chi connectivity index (χ0) is 52.6. The van der Waals surface area contributed by atoms with Gasteiger partial charge in [0.05, 0.1) is 43.7 Å². The minimum atomic E-state index is -1.31. The fraction of sp³-hybridized carbons (Fsp3) is 0.825. The molecule has 2 heterocycles. The minimum Gasteiger partial charge on any atom is -0.496 e. The SMILES string of the molecule is C=C(C[C@H](O)C[C@H](O)[C@@H](C)[C@H](O)C[C@H](O)C(C)(C)[C@H](O)CC(C)=C[C@H](O)[C@@]1(C)O[C@H]2CC(C)CC(OC(=O)CCCCCCCCCCCCCCC)CC(C)C/C(C)=C/C(=O)O[C@@H]1C2)/C(=C/Br)OC. The zero-order valence-corrected chi connectivity index (χ0v) is 46.7. The first kappa shape index (κ1) is 64.0. The molecule has 13 atom stereocenters. The zero-order valence-electron chi connectivity index (χ0n) is 45.1. The monoisotopic (exact) mass is 1050 g/mol. The second-order valence-corrected chi connectivity index (χ2v) is 22.9. The Bertz CT molecular complexity index is 1630.